The van der Waals surface area contributed by atoms with Gasteiger partial charge in [-0.1, -0.05) is 17.7 Å². The molecule has 4 heteroatoms. The number of carboxylic acid groups (broad SMARTS) is 1. The van der Waals surface area contributed by atoms with E-state index in [0.29, 0.717) is 18.0 Å². The van der Waals surface area contributed by atoms with Crippen molar-refractivity contribution in [2.75, 3.05) is 11.4 Å². The maximum absolute atomic E-state index is 10.8. The predicted octanol–water partition coefficient (Wildman–Crippen LogP) is 2.38. The molecule has 1 amide bonds. The summed E-state index contributed by atoms with van der Waals surface area (Å²) in [4.78, 5) is 12.1. The Balaban J connectivity index is 2.49. The minimum Gasteiger partial charge on any atom is -0.465 e. The molecule has 0 radical (unpaired) electrons. The second-order valence-corrected chi connectivity index (χ2v) is 3.33. The van der Waals surface area contributed by atoms with Crippen LogP contribution in [-0.2, 0) is 6.42 Å². The van der Waals surface area contributed by atoms with Gasteiger partial charge in [0.2, 0.25) is 0 Å². The minimum absolute atomic E-state index is 0.508. The third kappa shape index (κ3) is 1.25. The van der Waals surface area contributed by atoms with Crippen LogP contribution in [-0.4, -0.2) is 17.7 Å². The van der Waals surface area contributed by atoms with E-state index in [1.165, 1.54) is 4.90 Å². The molecular formula is C9H8ClNO2. The van der Waals surface area contributed by atoms with Gasteiger partial charge in [0, 0.05) is 11.6 Å². The molecule has 2 rings (SSSR count). The zero-order valence-corrected chi connectivity index (χ0v) is 7.58. The molecule has 0 saturated carbocycles. The van der Waals surface area contributed by atoms with Crippen LogP contribution < -0.4 is 4.90 Å². The van der Waals surface area contributed by atoms with Crippen molar-refractivity contribution in [3.8, 4) is 0 Å². The van der Waals surface area contributed by atoms with Crippen molar-refractivity contribution in [3.63, 3.8) is 0 Å². The number of anilines is 1. The molecule has 0 unspecified atom stereocenters. The van der Waals surface area contributed by atoms with Crippen molar-refractivity contribution in [2.24, 2.45) is 0 Å². The van der Waals surface area contributed by atoms with Crippen LogP contribution in [0.15, 0.2) is 18.2 Å². The highest BCUT2D eigenvalue weighted by Crippen LogP contribution is 2.32. The molecule has 13 heavy (non-hydrogen) atoms. The maximum Gasteiger partial charge on any atom is 0.411 e. The van der Waals surface area contributed by atoms with E-state index in [2.05, 4.69) is 0 Å². The lowest BCUT2D eigenvalue weighted by Crippen LogP contribution is -2.26. The molecule has 1 aromatic carbocycles. The van der Waals surface area contributed by atoms with Crippen molar-refractivity contribution >= 4 is 23.4 Å². The molecule has 1 N–H and O–H groups in total. The summed E-state index contributed by atoms with van der Waals surface area (Å²) in [5, 5.41) is 9.49. The lowest BCUT2D eigenvalue weighted by atomic mass is 10.2. The SMILES string of the molecule is O=C(O)N1CCc2c(Cl)cccc21. The van der Waals surface area contributed by atoms with E-state index in [-0.39, 0.29) is 0 Å². The molecule has 0 fully saturated rings. The first kappa shape index (κ1) is 8.38. The van der Waals surface area contributed by atoms with Crippen LogP contribution in [0.2, 0.25) is 5.02 Å². The zero-order valence-electron chi connectivity index (χ0n) is 6.83. The van der Waals surface area contributed by atoms with Gasteiger partial charge in [0.25, 0.3) is 0 Å². The van der Waals surface area contributed by atoms with Crippen molar-refractivity contribution in [1.29, 1.82) is 0 Å². The van der Waals surface area contributed by atoms with Gasteiger partial charge in [-0.25, -0.2) is 4.79 Å². The summed E-state index contributed by atoms with van der Waals surface area (Å²) in [7, 11) is 0. The van der Waals surface area contributed by atoms with Crippen LogP contribution in [0.3, 0.4) is 0 Å². The molecule has 1 heterocycles. The average molecular weight is 198 g/mol. The standard InChI is InChI=1S/C9H8ClNO2/c10-7-2-1-3-8-6(7)4-5-11(8)9(12)13/h1-3H,4-5H2,(H,12,13). The summed E-state index contributed by atoms with van der Waals surface area (Å²) >= 11 is 5.92. The second-order valence-electron chi connectivity index (χ2n) is 2.92. The molecule has 68 valence electrons. The van der Waals surface area contributed by atoms with E-state index in [9.17, 15) is 4.79 Å². The highest BCUT2D eigenvalue weighted by atomic mass is 35.5. The Bertz CT molecular complexity index is 365. The third-order valence-electron chi connectivity index (χ3n) is 2.20. The van der Waals surface area contributed by atoms with Gasteiger partial charge in [-0.2, -0.15) is 0 Å². The summed E-state index contributed by atoms with van der Waals surface area (Å²) in [5.41, 5.74) is 1.66. The summed E-state index contributed by atoms with van der Waals surface area (Å²) in [6.07, 6.45) is -0.206. The summed E-state index contributed by atoms with van der Waals surface area (Å²) < 4.78 is 0. The lowest BCUT2D eigenvalue weighted by Gasteiger charge is -2.12. The smallest absolute Gasteiger partial charge is 0.411 e. The summed E-state index contributed by atoms with van der Waals surface area (Å²) in [5.74, 6) is 0. The Hall–Kier alpha value is -1.22. The maximum atomic E-state index is 10.8. The monoisotopic (exact) mass is 197 g/mol. The second kappa shape index (κ2) is 2.92. The highest BCUT2D eigenvalue weighted by Gasteiger charge is 2.25. The molecule has 0 aliphatic carbocycles. The van der Waals surface area contributed by atoms with E-state index < -0.39 is 6.09 Å². The Morgan fingerprint density at radius 2 is 2.31 bits per heavy atom. The summed E-state index contributed by atoms with van der Waals surface area (Å²) in [6.45, 7) is 0.508. The van der Waals surface area contributed by atoms with E-state index in [1.54, 1.807) is 18.2 Å². The molecule has 0 spiro atoms. The minimum atomic E-state index is -0.916. The molecule has 0 bridgehead atoms. The number of fused-ring (bicyclic) bond motifs is 1. The van der Waals surface area contributed by atoms with Crippen molar-refractivity contribution in [1.82, 2.24) is 0 Å². The first-order valence-corrected chi connectivity index (χ1v) is 4.36. The molecule has 3 nitrogen and oxygen atoms in total. The molecule has 1 aliphatic rings. The van der Waals surface area contributed by atoms with E-state index >= 15 is 0 Å². The molecule has 1 aromatic rings. The fourth-order valence-electron chi connectivity index (χ4n) is 1.59. The molecule has 0 atom stereocenters. The Kier molecular flexibility index (Phi) is 1.88. The Morgan fingerprint density at radius 1 is 1.54 bits per heavy atom. The first-order valence-electron chi connectivity index (χ1n) is 3.98. The Labute approximate surface area is 80.5 Å². The predicted molar refractivity (Wildman–Crippen MR) is 50.5 cm³/mol. The molecule has 0 saturated heterocycles. The van der Waals surface area contributed by atoms with Gasteiger partial charge < -0.3 is 5.11 Å². The van der Waals surface area contributed by atoms with Crippen LogP contribution in [0.1, 0.15) is 5.56 Å². The van der Waals surface area contributed by atoms with E-state index in [4.69, 9.17) is 16.7 Å². The lowest BCUT2D eigenvalue weighted by molar-refractivity contribution is 0.202. The largest absolute Gasteiger partial charge is 0.465 e. The van der Waals surface area contributed by atoms with Crippen LogP contribution in [0, 0.1) is 0 Å². The number of amides is 1. The molecular weight excluding hydrogens is 190 g/mol. The van der Waals surface area contributed by atoms with E-state index in [1.807, 2.05) is 0 Å². The van der Waals surface area contributed by atoms with E-state index in [0.717, 1.165) is 11.3 Å². The third-order valence-corrected chi connectivity index (χ3v) is 2.56. The van der Waals surface area contributed by atoms with Crippen molar-refractivity contribution < 1.29 is 9.90 Å². The number of benzene rings is 1. The van der Waals surface area contributed by atoms with Gasteiger partial charge >= 0.3 is 6.09 Å². The average Bonchev–Trinajstić information content (AvgIpc) is 2.48. The van der Waals surface area contributed by atoms with Crippen LogP contribution in [0.4, 0.5) is 10.5 Å². The van der Waals surface area contributed by atoms with Gasteiger partial charge in [0.15, 0.2) is 0 Å². The van der Waals surface area contributed by atoms with Gasteiger partial charge in [-0.3, -0.25) is 4.90 Å². The molecule has 1 aliphatic heterocycles. The van der Waals surface area contributed by atoms with Gasteiger partial charge in [0.1, 0.15) is 0 Å². The summed E-state index contributed by atoms with van der Waals surface area (Å²) in [6, 6.07) is 5.33. The van der Waals surface area contributed by atoms with Gasteiger partial charge in [-0.15, -0.1) is 0 Å². The fourth-order valence-corrected chi connectivity index (χ4v) is 1.85. The molecule has 0 aromatic heterocycles. The highest BCUT2D eigenvalue weighted by molar-refractivity contribution is 6.32. The van der Waals surface area contributed by atoms with Gasteiger partial charge in [0.05, 0.1) is 5.69 Å². The topological polar surface area (TPSA) is 40.5 Å². The van der Waals surface area contributed by atoms with Crippen LogP contribution in [0.25, 0.3) is 0 Å². The fraction of sp³-hybridized carbons (Fsp3) is 0.222. The zero-order chi connectivity index (χ0) is 9.42. The van der Waals surface area contributed by atoms with Gasteiger partial charge in [-0.05, 0) is 24.1 Å². The van der Waals surface area contributed by atoms with Crippen molar-refractivity contribution in [2.45, 2.75) is 6.42 Å². The normalized spacial score (nSPS) is 14.4. The number of rotatable bonds is 0. The van der Waals surface area contributed by atoms with Crippen molar-refractivity contribution in [3.05, 3.63) is 28.8 Å². The quantitative estimate of drug-likeness (QED) is 0.694. The van der Waals surface area contributed by atoms with Crippen LogP contribution >= 0.6 is 11.6 Å². The number of halogens is 1. The number of nitrogens with zero attached hydrogens (tertiary/aromatic N) is 1. The number of hydrogen-bond donors (Lipinski definition) is 1. The Morgan fingerprint density at radius 3 is 3.00 bits per heavy atom. The van der Waals surface area contributed by atoms with Crippen LogP contribution in [0.5, 0.6) is 0 Å². The first-order chi connectivity index (χ1) is 6.20. The number of hydrogen-bond acceptors (Lipinski definition) is 1. The number of carbonyl (C=O) groups is 1.